The quantitative estimate of drug-likeness (QED) is 0.652. The molecular weight excluding hydrogens is 431 g/mol. The van der Waals surface area contributed by atoms with E-state index in [1.54, 1.807) is 12.1 Å². The van der Waals surface area contributed by atoms with Gasteiger partial charge in [-0.2, -0.15) is 0 Å². The largest absolute Gasteiger partial charge is 0.493 e. The molecule has 2 amide bonds. The van der Waals surface area contributed by atoms with Crippen molar-refractivity contribution >= 4 is 34.8 Å². The van der Waals surface area contributed by atoms with Gasteiger partial charge in [-0.1, -0.05) is 16.8 Å². The number of nitrogens with zero attached hydrogens (tertiary/aromatic N) is 2. The van der Waals surface area contributed by atoms with Crippen LogP contribution >= 0.6 is 11.6 Å². The molecule has 0 aromatic heterocycles. The number of rotatable bonds is 5. The average molecular weight is 449 g/mol. The van der Waals surface area contributed by atoms with Gasteiger partial charge in [0.2, 0.25) is 17.3 Å². The number of hydrogen-bond acceptors (Lipinski definition) is 7. The summed E-state index contributed by atoms with van der Waals surface area (Å²) in [6, 6.07) is 7.01. The molecule has 0 saturated carbocycles. The zero-order chi connectivity index (χ0) is 22.3. The van der Waals surface area contributed by atoms with Gasteiger partial charge in [0.25, 0.3) is 5.91 Å². The molecular formula is C21H18ClFN2O6. The van der Waals surface area contributed by atoms with Crippen molar-refractivity contribution in [3.05, 3.63) is 46.7 Å². The predicted octanol–water partition coefficient (Wildman–Crippen LogP) is 3.33. The Hall–Kier alpha value is -3.33. The van der Waals surface area contributed by atoms with Gasteiger partial charge in [0.1, 0.15) is 5.82 Å². The van der Waals surface area contributed by atoms with Crippen LogP contribution < -0.4 is 19.1 Å². The summed E-state index contributed by atoms with van der Waals surface area (Å²) in [4.78, 5) is 32.3. The fourth-order valence-corrected chi connectivity index (χ4v) is 3.94. The van der Waals surface area contributed by atoms with Gasteiger partial charge < -0.3 is 19.0 Å². The third-order valence-corrected chi connectivity index (χ3v) is 5.53. The number of halogens is 2. The van der Waals surface area contributed by atoms with E-state index in [0.29, 0.717) is 28.5 Å². The molecule has 4 rings (SSSR count). The second-order valence-electron chi connectivity index (χ2n) is 6.99. The molecule has 0 N–H and O–H groups in total. The fraction of sp³-hybridized carbons (Fsp3) is 0.286. The second kappa shape index (κ2) is 7.73. The first kappa shape index (κ1) is 20.9. The van der Waals surface area contributed by atoms with Gasteiger partial charge in [0.15, 0.2) is 11.5 Å². The van der Waals surface area contributed by atoms with Crippen LogP contribution in [-0.2, 0) is 14.4 Å². The standard InChI is InChI=1S/C21H18ClFN2O6/c1-28-16-7-5-12(18(29-2)19(16)30-3)15-9-21(31-24-15)10-17(26)25(20(21)27)11-4-6-14(23)13(22)8-11/h4-8H,9-10H2,1-3H3/t21-/m1/s1. The lowest BCUT2D eigenvalue weighted by atomic mass is 9.92. The molecule has 10 heteroatoms. The number of carbonyl (C=O) groups excluding carboxylic acids is 2. The Bertz CT molecular complexity index is 1120. The molecule has 1 saturated heterocycles. The molecule has 2 aromatic rings. The average Bonchev–Trinajstić information content (AvgIpc) is 3.29. The first-order chi connectivity index (χ1) is 14.8. The van der Waals surface area contributed by atoms with E-state index in [2.05, 4.69) is 5.16 Å². The van der Waals surface area contributed by atoms with E-state index in [4.69, 9.17) is 30.6 Å². The van der Waals surface area contributed by atoms with E-state index in [-0.39, 0.29) is 23.6 Å². The van der Waals surface area contributed by atoms with Crippen molar-refractivity contribution < 1.29 is 33.0 Å². The number of oxime groups is 1. The van der Waals surface area contributed by atoms with E-state index in [1.807, 2.05) is 0 Å². The number of anilines is 1. The monoisotopic (exact) mass is 448 g/mol. The van der Waals surface area contributed by atoms with Crippen molar-refractivity contribution in [1.82, 2.24) is 0 Å². The number of amides is 2. The van der Waals surface area contributed by atoms with E-state index < -0.39 is 23.2 Å². The predicted molar refractivity (Wildman–Crippen MR) is 110 cm³/mol. The lowest BCUT2D eigenvalue weighted by Crippen LogP contribution is -2.40. The number of carbonyl (C=O) groups is 2. The minimum Gasteiger partial charge on any atom is -0.493 e. The van der Waals surface area contributed by atoms with Crippen LogP contribution in [0.25, 0.3) is 0 Å². The molecule has 1 spiro atoms. The van der Waals surface area contributed by atoms with Crippen molar-refractivity contribution in [3.8, 4) is 17.2 Å². The summed E-state index contributed by atoms with van der Waals surface area (Å²) in [5.74, 6) is -0.559. The van der Waals surface area contributed by atoms with Crippen LogP contribution in [0.4, 0.5) is 10.1 Å². The molecule has 1 fully saturated rings. The van der Waals surface area contributed by atoms with E-state index in [1.165, 1.54) is 33.5 Å². The lowest BCUT2D eigenvalue weighted by Gasteiger charge is -2.20. The normalized spacial score (nSPS) is 20.2. The Labute approximate surface area is 182 Å². The van der Waals surface area contributed by atoms with Crippen LogP contribution in [0, 0.1) is 5.82 Å². The van der Waals surface area contributed by atoms with Gasteiger partial charge in [-0.25, -0.2) is 9.29 Å². The molecule has 2 aliphatic heterocycles. The first-order valence-corrected chi connectivity index (χ1v) is 9.60. The van der Waals surface area contributed by atoms with Crippen molar-refractivity contribution in [2.45, 2.75) is 18.4 Å². The third-order valence-electron chi connectivity index (χ3n) is 5.24. The van der Waals surface area contributed by atoms with Gasteiger partial charge in [0.05, 0.1) is 44.2 Å². The topological polar surface area (TPSA) is 86.7 Å². The van der Waals surface area contributed by atoms with E-state index >= 15 is 0 Å². The minimum atomic E-state index is -1.49. The maximum absolute atomic E-state index is 13.5. The molecule has 31 heavy (non-hydrogen) atoms. The molecule has 162 valence electrons. The van der Waals surface area contributed by atoms with Gasteiger partial charge in [0, 0.05) is 12.0 Å². The first-order valence-electron chi connectivity index (χ1n) is 9.22. The van der Waals surface area contributed by atoms with Gasteiger partial charge in [-0.05, 0) is 30.3 Å². The summed E-state index contributed by atoms with van der Waals surface area (Å²) >= 11 is 5.81. The number of hydrogen-bond donors (Lipinski definition) is 0. The van der Waals surface area contributed by atoms with Crippen LogP contribution in [0.15, 0.2) is 35.5 Å². The molecule has 2 aromatic carbocycles. The van der Waals surface area contributed by atoms with E-state index in [0.717, 1.165) is 11.0 Å². The summed E-state index contributed by atoms with van der Waals surface area (Å²) in [5, 5.41) is 3.88. The Morgan fingerprint density at radius 3 is 2.45 bits per heavy atom. The van der Waals surface area contributed by atoms with Gasteiger partial charge in [-0.15, -0.1) is 0 Å². The van der Waals surface area contributed by atoms with Crippen LogP contribution in [0.3, 0.4) is 0 Å². The van der Waals surface area contributed by atoms with Crippen molar-refractivity contribution in [2.75, 3.05) is 26.2 Å². The Morgan fingerprint density at radius 2 is 1.81 bits per heavy atom. The SMILES string of the molecule is COc1ccc(C2=NO[C@@]3(CC(=O)N(c4ccc(F)c(Cl)c4)C3=O)C2)c(OC)c1OC. The zero-order valence-electron chi connectivity index (χ0n) is 16.9. The number of methoxy groups -OCH3 is 3. The molecule has 1 atom stereocenters. The summed E-state index contributed by atoms with van der Waals surface area (Å²) in [5.41, 5.74) is -0.372. The lowest BCUT2D eigenvalue weighted by molar-refractivity contribution is -0.136. The van der Waals surface area contributed by atoms with Crippen molar-refractivity contribution in [1.29, 1.82) is 0 Å². The molecule has 2 heterocycles. The summed E-state index contributed by atoms with van der Waals surface area (Å²) in [6.45, 7) is 0. The third kappa shape index (κ3) is 3.25. The summed E-state index contributed by atoms with van der Waals surface area (Å²) < 4.78 is 29.7. The van der Waals surface area contributed by atoms with Crippen molar-refractivity contribution in [2.24, 2.45) is 5.16 Å². The highest BCUT2D eigenvalue weighted by atomic mass is 35.5. The molecule has 8 nitrogen and oxygen atoms in total. The summed E-state index contributed by atoms with van der Waals surface area (Å²) in [7, 11) is 4.45. The zero-order valence-corrected chi connectivity index (χ0v) is 17.7. The molecule has 2 aliphatic rings. The highest BCUT2D eigenvalue weighted by molar-refractivity contribution is 6.32. The van der Waals surface area contributed by atoms with Crippen LogP contribution in [0.5, 0.6) is 17.2 Å². The van der Waals surface area contributed by atoms with Crippen LogP contribution in [-0.4, -0.2) is 44.5 Å². The highest BCUT2D eigenvalue weighted by Crippen LogP contribution is 2.44. The minimum absolute atomic E-state index is 0.0366. The summed E-state index contributed by atoms with van der Waals surface area (Å²) in [6.07, 6.45) is -0.182. The maximum atomic E-state index is 13.5. The maximum Gasteiger partial charge on any atom is 0.281 e. The second-order valence-corrected chi connectivity index (χ2v) is 7.40. The number of ether oxygens (including phenoxy) is 3. The van der Waals surface area contributed by atoms with Crippen LogP contribution in [0.2, 0.25) is 5.02 Å². The van der Waals surface area contributed by atoms with Gasteiger partial charge >= 0.3 is 0 Å². The smallest absolute Gasteiger partial charge is 0.281 e. The van der Waals surface area contributed by atoms with Crippen molar-refractivity contribution in [3.63, 3.8) is 0 Å². The molecule has 0 radical (unpaired) electrons. The highest BCUT2D eigenvalue weighted by Gasteiger charge is 2.58. The Balaban J connectivity index is 1.66. The Morgan fingerprint density at radius 1 is 1.06 bits per heavy atom. The van der Waals surface area contributed by atoms with Crippen LogP contribution in [0.1, 0.15) is 18.4 Å². The molecule has 0 bridgehead atoms. The number of imide groups is 1. The number of benzene rings is 2. The van der Waals surface area contributed by atoms with Gasteiger partial charge in [-0.3, -0.25) is 9.59 Å². The molecule has 0 aliphatic carbocycles. The van der Waals surface area contributed by atoms with E-state index in [9.17, 15) is 14.0 Å². The Kier molecular flexibility index (Phi) is 5.22. The fourth-order valence-electron chi connectivity index (χ4n) is 3.76. The molecule has 0 unspecified atom stereocenters.